The van der Waals surface area contributed by atoms with Crippen LogP contribution in [0.5, 0.6) is 0 Å². The molecule has 1 heterocycles. The van der Waals surface area contributed by atoms with Gasteiger partial charge in [-0.1, -0.05) is 12.8 Å². The Morgan fingerprint density at radius 2 is 2.00 bits per heavy atom. The Kier molecular flexibility index (Phi) is 3.54. The molecule has 0 radical (unpaired) electrons. The molecule has 1 atom stereocenters. The van der Waals surface area contributed by atoms with Crippen LogP contribution < -0.4 is 5.73 Å². The third-order valence-electron chi connectivity index (χ3n) is 3.30. The van der Waals surface area contributed by atoms with E-state index in [1.54, 1.807) is 12.4 Å². The number of aromatic nitrogens is 1. The van der Waals surface area contributed by atoms with Crippen LogP contribution in [-0.4, -0.2) is 10.8 Å². The summed E-state index contributed by atoms with van der Waals surface area (Å²) in [5.74, 6) is 1.35. The highest BCUT2D eigenvalue weighted by Gasteiger charge is 2.19. The summed E-state index contributed by atoms with van der Waals surface area (Å²) in [7, 11) is 0. The maximum absolute atomic E-state index is 6.05. The summed E-state index contributed by atoms with van der Waals surface area (Å²) in [6, 6.07) is 4.13. The highest BCUT2D eigenvalue weighted by Crippen LogP contribution is 2.26. The van der Waals surface area contributed by atoms with Crippen LogP contribution in [0, 0.1) is 5.92 Å². The van der Waals surface area contributed by atoms with Crippen molar-refractivity contribution in [3.05, 3.63) is 30.1 Å². The number of hydrogen-bond acceptors (Lipinski definition) is 2. The molecule has 1 aliphatic carbocycles. The Bertz CT molecular complexity index is 353. The Labute approximate surface area is 96.8 Å². The predicted molar refractivity (Wildman–Crippen MR) is 66.2 cm³/mol. The van der Waals surface area contributed by atoms with Gasteiger partial charge in [0.15, 0.2) is 0 Å². The quantitative estimate of drug-likeness (QED) is 0.625. The summed E-state index contributed by atoms with van der Waals surface area (Å²) in [6.45, 7) is 2.08. The fraction of sp³-hybridized carbons (Fsp3) is 0.538. The van der Waals surface area contributed by atoms with Gasteiger partial charge in [-0.2, -0.15) is 0 Å². The van der Waals surface area contributed by atoms with Gasteiger partial charge in [0.05, 0.1) is 11.9 Å². The Morgan fingerprint density at radius 1 is 1.38 bits per heavy atom. The third-order valence-corrected chi connectivity index (χ3v) is 3.30. The van der Waals surface area contributed by atoms with Crippen molar-refractivity contribution < 1.29 is 0 Å². The molecule has 0 aromatic carbocycles. The van der Waals surface area contributed by atoms with Crippen molar-refractivity contribution in [3.8, 4) is 0 Å². The third kappa shape index (κ3) is 2.60. The van der Waals surface area contributed by atoms with Gasteiger partial charge in [-0.15, -0.1) is 0 Å². The number of rotatable bonds is 3. The molecule has 3 heteroatoms. The van der Waals surface area contributed by atoms with Crippen molar-refractivity contribution in [2.45, 2.75) is 38.6 Å². The lowest BCUT2D eigenvalue weighted by Gasteiger charge is -2.12. The molecule has 1 unspecified atom stereocenters. The van der Waals surface area contributed by atoms with E-state index in [2.05, 4.69) is 16.9 Å². The van der Waals surface area contributed by atoms with Crippen molar-refractivity contribution in [3.63, 3.8) is 0 Å². The van der Waals surface area contributed by atoms with Gasteiger partial charge >= 0.3 is 0 Å². The topological polar surface area (TPSA) is 51.3 Å². The molecular weight excluding hydrogens is 198 g/mol. The predicted octanol–water partition coefficient (Wildman–Crippen LogP) is 2.69. The summed E-state index contributed by atoms with van der Waals surface area (Å²) in [6.07, 6.45) is 8.60. The van der Waals surface area contributed by atoms with E-state index in [9.17, 15) is 0 Å². The molecule has 1 saturated carbocycles. The molecule has 0 bridgehead atoms. The van der Waals surface area contributed by atoms with Gasteiger partial charge in [-0.25, -0.2) is 0 Å². The van der Waals surface area contributed by atoms with Crippen LogP contribution in [0.25, 0.3) is 0 Å². The van der Waals surface area contributed by atoms with Crippen molar-refractivity contribution in [1.82, 2.24) is 4.98 Å². The number of hydrogen-bond donors (Lipinski definition) is 1. The van der Waals surface area contributed by atoms with Crippen molar-refractivity contribution in [2.75, 3.05) is 0 Å². The smallest absolute Gasteiger partial charge is 0.0975 e. The number of nitrogens with two attached hydrogens (primary N) is 1. The van der Waals surface area contributed by atoms with E-state index < -0.39 is 0 Å². The van der Waals surface area contributed by atoms with E-state index in [4.69, 9.17) is 5.73 Å². The largest absolute Gasteiger partial charge is 0.387 e. The molecule has 16 heavy (non-hydrogen) atoms. The first-order chi connectivity index (χ1) is 7.77. The van der Waals surface area contributed by atoms with Crippen LogP contribution in [-0.2, 0) is 0 Å². The highest BCUT2D eigenvalue weighted by molar-refractivity contribution is 5.83. The monoisotopic (exact) mass is 217 g/mol. The molecule has 1 aromatic rings. The number of nitrogens with zero attached hydrogens (tertiary/aromatic N) is 2. The van der Waals surface area contributed by atoms with Gasteiger partial charge < -0.3 is 5.73 Å². The van der Waals surface area contributed by atoms with Gasteiger partial charge in [-0.05, 0) is 37.5 Å². The summed E-state index contributed by atoms with van der Waals surface area (Å²) in [5, 5.41) is 0. The van der Waals surface area contributed by atoms with E-state index in [1.165, 1.54) is 31.2 Å². The second kappa shape index (κ2) is 5.10. The first-order valence-corrected chi connectivity index (χ1v) is 6.00. The minimum absolute atomic E-state index is 0.142. The van der Waals surface area contributed by atoms with Crippen LogP contribution in [0.3, 0.4) is 0 Å². The van der Waals surface area contributed by atoms with E-state index in [0.29, 0.717) is 5.92 Å². The minimum Gasteiger partial charge on any atom is -0.387 e. The summed E-state index contributed by atoms with van der Waals surface area (Å²) in [5.41, 5.74) is 7.23. The zero-order valence-electron chi connectivity index (χ0n) is 9.76. The zero-order valence-corrected chi connectivity index (χ0v) is 9.76. The van der Waals surface area contributed by atoms with Gasteiger partial charge in [0.2, 0.25) is 0 Å². The van der Waals surface area contributed by atoms with Gasteiger partial charge in [0, 0.05) is 18.3 Å². The Balaban J connectivity index is 2.05. The molecule has 1 aliphatic rings. The molecule has 1 fully saturated rings. The standard InChI is InChI=1S/C13H19N3/c1-10(11-6-8-15-9-7-11)16-13(14)12-4-2-3-5-12/h6-10,12H,2-5H2,1H3,(H2,14,16). The molecule has 3 nitrogen and oxygen atoms in total. The molecule has 1 aromatic heterocycles. The maximum atomic E-state index is 6.05. The molecule has 0 saturated heterocycles. The van der Waals surface area contributed by atoms with Gasteiger partial charge in [0.25, 0.3) is 0 Å². The van der Waals surface area contributed by atoms with Crippen molar-refractivity contribution in [2.24, 2.45) is 16.6 Å². The van der Waals surface area contributed by atoms with Crippen LogP contribution in [0.2, 0.25) is 0 Å². The molecule has 0 spiro atoms. The zero-order chi connectivity index (χ0) is 11.4. The van der Waals surface area contributed by atoms with E-state index in [-0.39, 0.29) is 6.04 Å². The number of amidine groups is 1. The van der Waals surface area contributed by atoms with E-state index >= 15 is 0 Å². The lowest BCUT2D eigenvalue weighted by molar-refractivity contribution is 0.699. The fourth-order valence-corrected chi connectivity index (χ4v) is 2.27. The van der Waals surface area contributed by atoms with Crippen molar-refractivity contribution in [1.29, 1.82) is 0 Å². The first-order valence-electron chi connectivity index (χ1n) is 6.00. The summed E-state index contributed by atoms with van der Waals surface area (Å²) >= 11 is 0. The molecule has 2 rings (SSSR count). The Hall–Kier alpha value is -1.38. The van der Waals surface area contributed by atoms with Crippen LogP contribution in [0.1, 0.15) is 44.2 Å². The van der Waals surface area contributed by atoms with Gasteiger partial charge in [-0.3, -0.25) is 9.98 Å². The average molecular weight is 217 g/mol. The van der Waals surface area contributed by atoms with Crippen molar-refractivity contribution >= 4 is 5.84 Å². The van der Waals surface area contributed by atoms with Gasteiger partial charge in [0.1, 0.15) is 0 Å². The number of pyridine rings is 1. The highest BCUT2D eigenvalue weighted by atomic mass is 14.9. The summed E-state index contributed by atoms with van der Waals surface area (Å²) in [4.78, 5) is 8.60. The lowest BCUT2D eigenvalue weighted by atomic mass is 10.1. The molecular formula is C13H19N3. The lowest BCUT2D eigenvalue weighted by Crippen LogP contribution is -2.22. The second-order valence-electron chi connectivity index (χ2n) is 4.49. The SMILES string of the molecule is CC(N=C(N)C1CCCC1)c1ccncc1. The maximum Gasteiger partial charge on any atom is 0.0975 e. The fourth-order valence-electron chi connectivity index (χ4n) is 2.27. The van der Waals surface area contributed by atoms with Crippen LogP contribution in [0.4, 0.5) is 0 Å². The van der Waals surface area contributed by atoms with Crippen LogP contribution in [0.15, 0.2) is 29.5 Å². The Morgan fingerprint density at radius 3 is 2.62 bits per heavy atom. The minimum atomic E-state index is 0.142. The van der Waals surface area contributed by atoms with E-state index in [0.717, 1.165) is 5.84 Å². The normalized spacial score (nSPS) is 19.9. The number of aliphatic imine (C=N–C) groups is 1. The average Bonchev–Trinajstić information content (AvgIpc) is 2.83. The molecule has 0 aliphatic heterocycles. The van der Waals surface area contributed by atoms with E-state index in [1.807, 2.05) is 12.1 Å². The second-order valence-corrected chi connectivity index (χ2v) is 4.49. The molecule has 2 N–H and O–H groups in total. The molecule has 86 valence electrons. The summed E-state index contributed by atoms with van der Waals surface area (Å²) < 4.78 is 0. The first kappa shape index (κ1) is 11.1. The van der Waals surface area contributed by atoms with Crippen LogP contribution >= 0.6 is 0 Å². The molecule has 0 amide bonds.